The van der Waals surface area contributed by atoms with Gasteiger partial charge in [0.05, 0.1) is 15.7 Å². The van der Waals surface area contributed by atoms with Crippen molar-refractivity contribution in [3.63, 3.8) is 0 Å². The van der Waals surface area contributed by atoms with E-state index in [4.69, 9.17) is 4.11 Å². The Hall–Kier alpha value is -2.28. The van der Waals surface area contributed by atoms with Gasteiger partial charge in [-0.3, -0.25) is 4.72 Å². The van der Waals surface area contributed by atoms with Crippen LogP contribution in [0.5, 0.6) is 0 Å². The number of rotatable bonds is 5. The zero-order valence-corrected chi connectivity index (χ0v) is 16.7. The summed E-state index contributed by atoms with van der Waals surface area (Å²) >= 11 is 0. The molecule has 0 bridgehead atoms. The van der Waals surface area contributed by atoms with Crippen LogP contribution in [0.15, 0.2) is 23.2 Å². The number of aromatic amines is 1. The molecule has 0 aliphatic heterocycles. The number of fused-ring (bicyclic) bond motifs is 1. The molecule has 1 aromatic heterocycles. The van der Waals surface area contributed by atoms with Gasteiger partial charge in [0, 0.05) is 43.4 Å². The lowest BCUT2D eigenvalue weighted by atomic mass is 9.83. The normalized spacial score (nSPS) is 26.6. The van der Waals surface area contributed by atoms with Crippen LogP contribution in [0.25, 0.3) is 0 Å². The zero-order chi connectivity index (χ0) is 26.2. The Morgan fingerprint density at radius 1 is 1.25 bits per heavy atom. The van der Waals surface area contributed by atoms with E-state index >= 15 is 0 Å². The van der Waals surface area contributed by atoms with E-state index in [-0.39, 0.29) is 11.3 Å². The van der Waals surface area contributed by atoms with Crippen LogP contribution < -0.4 is 4.72 Å². The zero-order valence-electron chi connectivity index (χ0n) is 18.9. The maximum atomic E-state index is 14.4. The van der Waals surface area contributed by atoms with E-state index in [9.17, 15) is 39.2 Å². The molecule has 1 saturated carbocycles. The molecule has 2 aliphatic rings. The summed E-state index contributed by atoms with van der Waals surface area (Å²) in [4.78, 5) is 1.80. The average molecular weight is 489 g/mol. The van der Waals surface area contributed by atoms with Gasteiger partial charge in [0.1, 0.15) is 16.5 Å². The molecular formula is C19H17F7N2O3S. The van der Waals surface area contributed by atoms with E-state index in [1.165, 1.54) is 0 Å². The van der Waals surface area contributed by atoms with Gasteiger partial charge in [-0.05, 0) is 24.5 Å². The molecule has 2 aliphatic carbocycles. The fraction of sp³-hybridized carbons (Fsp3) is 0.474. The van der Waals surface area contributed by atoms with Crippen molar-refractivity contribution in [2.24, 2.45) is 0 Å². The largest absolute Gasteiger partial charge is 0.417 e. The second-order valence-corrected chi connectivity index (χ2v) is 9.51. The van der Waals surface area contributed by atoms with Crippen LogP contribution in [0, 0.1) is 11.6 Å². The molecule has 1 fully saturated rings. The number of methoxy groups -OCH3 is 1. The number of hydrogen-bond donors (Lipinski definition) is 2. The summed E-state index contributed by atoms with van der Waals surface area (Å²) in [5, 5.41) is 0. The van der Waals surface area contributed by atoms with Crippen molar-refractivity contribution in [1.29, 1.82) is 0 Å². The third kappa shape index (κ3) is 3.64. The van der Waals surface area contributed by atoms with Gasteiger partial charge in [-0.25, -0.2) is 26.0 Å². The van der Waals surface area contributed by atoms with Crippen molar-refractivity contribution in [2.75, 3.05) is 11.8 Å². The molecule has 176 valence electrons. The van der Waals surface area contributed by atoms with Gasteiger partial charge in [0.15, 0.2) is 5.60 Å². The predicted molar refractivity (Wildman–Crippen MR) is 98.1 cm³/mol. The van der Waals surface area contributed by atoms with Gasteiger partial charge < -0.3 is 9.72 Å². The first-order chi connectivity index (χ1) is 15.9. The Bertz CT molecular complexity index is 1280. The van der Waals surface area contributed by atoms with Crippen molar-refractivity contribution in [3.05, 3.63) is 46.8 Å². The second-order valence-electron chi connectivity index (χ2n) is 7.86. The average Bonchev–Trinajstić information content (AvgIpc) is 3.11. The van der Waals surface area contributed by atoms with Crippen LogP contribution in [0.3, 0.4) is 0 Å². The van der Waals surface area contributed by atoms with Crippen LogP contribution in [-0.4, -0.2) is 38.1 Å². The van der Waals surface area contributed by atoms with Gasteiger partial charge in [0.2, 0.25) is 0 Å². The number of aromatic nitrogens is 1. The van der Waals surface area contributed by atoms with E-state index < -0.39 is 94.1 Å². The Morgan fingerprint density at radius 2 is 1.94 bits per heavy atom. The highest BCUT2D eigenvalue weighted by molar-refractivity contribution is 7.92. The summed E-state index contributed by atoms with van der Waals surface area (Å²) in [6.07, 6.45) is -7.42. The minimum Gasteiger partial charge on any atom is -0.368 e. The summed E-state index contributed by atoms with van der Waals surface area (Å²) in [5.74, 6) is -7.28. The molecule has 2 aromatic rings. The number of halogens is 7. The SMILES string of the molecule is [2H]C([2H])([2H])O[C@]1(C(F)(F)F)CCc2c(S(=O)(=O)Nc3cc(F)c(C4CC4(F)F)cc3F)c[nH]c2C1. The number of hydrogen-bond acceptors (Lipinski definition) is 3. The molecule has 0 saturated heterocycles. The quantitative estimate of drug-likeness (QED) is 0.601. The number of sulfonamides is 1. The lowest BCUT2D eigenvalue weighted by Gasteiger charge is -2.37. The molecule has 1 heterocycles. The summed E-state index contributed by atoms with van der Waals surface area (Å²) in [6.45, 7) is 0. The fourth-order valence-corrected chi connectivity index (χ4v) is 5.21. The molecule has 5 nitrogen and oxygen atoms in total. The fourth-order valence-electron chi connectivity index (χ4n) is 3.89. The maximum Gasteiger partial charge on any atom is 0.417 e. The van der Waals surface area contributed by atoms with Gasteiger partial charge in [-0.1, -0.05) is 0 Å². The van der Waals surface area contributed by atoms with Gasteiger partial charge in [0.25, 0.3) is 15.9 Å². The molecule has 1 aromatic carbocycles. The van der Waals surface area contributed by atoms with Crippen LogP contribution >= 0.6 is 0 Å². The third-order valence-electron chi connectivity index (χ3n) is 5.81. The minimum atomic E-state index is -5.09. The molecule has 1 unspecified atom stereocenters. The Morgan fingerprint density at radius 3 is 2.53 bits per heavy atom. The van der Waals surface area contributed by atoms with Crippen molar-refractivity contribution in [2.45, 2.75) is 54.2 Å². The van der Waals surface area contributed by atoms with Gasteiger partial charge >= 0.3 is 6.18 Å². The van der Waals surface area contributed by atoms with Crippen LogP contribution in [0.4, 0.5) is 36.4 Å². The highest BCUT2D eigenvalue weighted by Crippen LogP contribution is 2.56. The molecule has 32 heavy (non-hydrogen) atoms. The monoisotopic (exact) mass is 489 g/mol. The van der Waals surface area contributed by atoms with E-state index in [1.54, 1.807) is 4.72 Å². The minimum absolute atomic E-state index is 0.110. The first kappa shape index (κ1) is 19.2. The highest BCUT2D eigenvalue weighted by Gasteiger charge is 2.59. The molecule has 4 rings (SSSR count). The smallest absolute Gasteiger partial charge is 0.368 e. The number of ether oxygens (including phenoxy) is 1. The Kier molecular flexibility index (Phi) is 4.27. The molecule has 0 amide bonds. The molecule has 0 spiro atoms. The van der Waals surface area contributed by atoms with Crippen LogP contribution in [0.1, 0.15) is 39.7 Å². The van der Waals surface area contributed by atoms with E-state index in [0.29, 0.717) is 12.1 Å². The standard InChI is InChI=1S/C19H17F7N2O3S/c1-31-17(19(24,25)26)3-2-9-15(7-17)27-8-16(9)32(29,30)28-14-5-12(20)10(4-13(14)21)11-6-18(11,22)23/h4-5,8,11,27-28H,2-3,6-7H2,1H3/t11?,17-/m1/s1/i1D3. The highest BCUT2D eigenvalue weighted by atomic mass is 32.2. The topological polar surface area (TPSA) is 71.2 Å². The molecule has 0 radical (unpaired) electrons. The van der Waals surface area contributed by atoms with E-state index in [0.717, 1.165) is 6.20 Å². The van der Waals surface area contributed by atoms with Crippen molar-refractivity contribution < 1.29 is 48.0 Å². The van der Waals surface area contributed by atoms with Gasteiger partial charge in [-0.15, -0.1) is 0 Å². The molecule has 13 heteroatoms. The number of benzene rings is 1. The van der Waals surface area contributed by atoms with E-state index in [1.807, 2.05) is 0 Å². The molecular weight excluding hydrogens is 469 g/mol. The number of anilines is 1. The predicted octanol–water partition coefficient (Wildman–Crippen LogP) is 4.65. The summed E-state index contributed by atoms with van der Waals surface area (Å²) < 4.78 is 149. The molecule has 2 atom stereocenters. The number of H-pyrrole nitrogens is 1. The van der Waals surface area contributed by atoms with Crippen molar-refractivity contribution in [3.8, 4) is 0 Å². The maximum absolute atomic E-state index is 14.4. The Balaban J connectivity index is 1.62. The summed E-state index contributed by atoms with van der Waals surface area (Å²) in [6, 6.07) is 0.879. The lowest BCUT2D eigenvalue weighted by molar-refractivity contribution is -0.273. The van der Waals surface area contributed by atoms with Crippen molar-refractivity contribution in [1.82, 2.24) is 4.98 Å². The van der Waals surface area contributed by atoms with Crippen LogP contribution in [-0.2, 0) is 27.6 Å². The summed E-state index contributed by atoms with van der Waals surface area (Å²) in [7, 11) is -8.05. The van der Waals surface area contributed by atoms with Crippen LogP contribution in [0.2, 0.25) is 0 Å². The first-order valence-electron chi connectivity index (χ1n) is 10.7. The molecule has 2 N–H and O–H groups in total. The van der Waals surface area contributed by atoms with Crippen molar-refractivity contribution >= 4 is 15.7 Å². The van der Waals surface area contributed by atoms with Gasteiger partial charge in [-0.2, -0.15) is 13.2 Å². The first-order valence-corrected chi connectivity index (χ1v) is 10.7. The number of nitrogens with one attached hydrogen (secondary N) is 2. The number of alkyl halides is 5. The lowest BCUT2D eigenvalue weighted by Crippen LogP contribution is -2.51. The Labute approximate surface area is 182 Å². The third-order valence-corrected chi connectivity index (χ3v) is 7.25. The summed E-state index contributed by atoms with van der Waals surface area (Å²) in [5.41, 5.74) is -4.94. The second kappa shape index (κ2) is 7.11. The van der Waals surface area contributed by atoms with E-state index in [2.05, 4.69) is 9.72 Å².